The summed E-state index contributed by atoms with van der Waals surface area (Å²) in [5.74, 6) is 0.658. The second-order valence-electron chi connectivity index (χ2n) is 5.06. The van der Waals surface area contributed by atoms with Gasteiger partial charge in [0.05, 0.1) is 5.02 Å². The third-order valence-electron chi connectivity index (χ3n) is 3.76. The Balaban J connectivity index is 2.28. The van der Waals surface area contributed by atoms with Crippen LogP contribution in [0.5, 0.6) is 0 Å². The van der Waals surface area contributed by atoms with E-state index in [-0.39, 0.29) is 0 Å². The van der Waals surface area contributed by atoms with Gasteiger partial charge in [-0.05, 0) is 79.6 Å². The summed E-state index contributed by atoms with van der Waals surface area (Å²) in [5.41, 5.74) is 1.32. The number of piperidine rings is 1. The van der Waals surface area contributed by atoms with Crippen molar-refractivity contribution in [3.8, 4) is 0 Å². The highest BCUT2D eigenvalue weighted by atomic mass is 79.9. The van der Waals surface area contributed by atoms with E-state index in [0.29, 0.717) is 12.0 Å². The van der Waals surface area contributed by atoms with Crippen molar-refractivity contribution in [1.82, 2.24) is 10.2 Å². The fourth-order valence-corrected chi connectivity index (χ4v) is 3.39. The second kappa shape index (κ2) is 6.38. The number of benzene rings is 1. The molecule has 1 aliphatic rings. The lowest BCUT2D eigenvalue weighted by Gasteiger charge is -2.39. The van der Waals surface area contributed by atoms with Gasteiger partial charge in [0.1, 0.15) is 0 Å². The van der Waals surface area contributed by atoms with Gasteiger partial charge in [0.2, 0.25) is 0 Å². The van der Waals surface area contributed by atoms with Crippen LogP contribution in [0, 0.1) is 5.92 Å². The zero-order valence-electron chi connectivity index (χ0n) is 10.9. The molecule has 0 aromatic heterocycles. The molecule has 0 aliphatic carbocycles. The summed E-state index contributed by atoms with van der Waals surface area (Å²) < 4.78 is 0.969. The minimum Gasteiger partial charge on any atom is -0.319 e. The van der Waals surface area contributed by atoms with Crippen LogP contribution in [0.1, 0.15) is 24.4 Å². The molecule has 18 heavy (non-hydrogen) atoms. The predicted molar refractivity (Wildman–Crippen MR) is 81.2 cm³/mol. The highest BCUT2D eigenvalue weighted by Gasteiger charge is 2.30. The minimum absolute atomic E-state index is 0.469. The molecule has 1 heterocycles. The topological polar surface area (TPSA) is 15.3 Å². The monoisotopic (exact) mass is 330 g/mol. The quantitative estimate of drug-likeness (QED) is 0.908. The van der Waals surface area contributed by atoms with Crippen LogP contribution in [0.15, 0.2) is 22.7 Å². The zero-order valence-corrected chi connectivity index (χ0v) is 13.3. The molecule has 1 aromatic carbocycles. The first-order valence-corrected chi connectivity index (χ1v) is 7.60. The molecule has 0 amide bonds. The van der Waals surface area contributed by atoms with Gasteiger partial charge in [-0.3, -0.25) is 4.90 Å². The van der Waals surface area contributed by atoms with Crippen LogP contribution in [0.2, 0.25) is 5.02 Å². The first-order chi connectivity index (χ1) is 8.63. The maximum atomic E-state index is 6.22. The summed E-state index contributed by atoms with van der Waals surface area (Å²) in [4.78, 5) is 2.45. The molecule has 1 fully saturated rings. The van der Waals surface area contributed by atoms with Gasteiger partial charge in [-0.2, -0.15) is 0 Å². The summed E-state index contributed by atoms with van der Waals surface area (Å²) in [6, 6.07) is 6.81. The fraction of sp³-hybridized carbons (Fsp3) is 0.571. The number of hydrogen-bond acceptors (Lipinski definition) is 2. The zero-order chi connectivity index (χ0) is 13.1. The summed E-state index contributed by atoms with van der Waals surface area (Å²) >= 11 is 9.68. The van der Waals surface area contributed by atoms with E-state index in [0.717, 1.165) is 16.0 Å². The largest absolute Gasteiger partial charge is 0.319 e. The number of rotatable bonds is 3. The molecule has 2 rings (SSSR count). The molecule has 1 saturated heterocycles. The maximum absolute atomic E-state index is 6.22. The molecule has 0 bridgehead atoms. The number of nitrogens with one attached hydrogen (secondary N) is 1. The molecular formula is C14H20BrClN2. The molecular weight excluding hydrogens is 312 g/mol. The molecule has 0 spiro atoms. The highest BCUT2D eigenvalue weighted by molar-refractivity contribution is 9.10. The Hall–Kier alpha value is -0.0900. The van der Waals surface area contributed by atoms with E-state index >= 15 is 0 Å². The van der Waals surface area contributed by atoms with E-state index in [4.69, 9.17) is 11.6 Å². The van der Waals surface area contributed by atoms with Gasteiger partial charge in [-0.25, -0.2) is 0 Å². The van der Waals surface area contributed by atoms with Crippen molar-refractivity contribution >= 4 is 27.5 Å². The third kappa shape index (κ3) is 3.08. The fourth-order valence-electron chi connectivity index (χ4n) is 2.96. The van der Waals surface area contributed by atoms with Crippen LogP contribution in [-0.4, -0.2) is 32.1 Å². The van der Waals surface area contributed by atoms with E-state index in [2.05, 4.69) is 51.4 Å². The SMILES string of the molecule is CNCC1CCCN(C)C1c1ccc(Br)c(Cl)c1. The molecule has 0 radical (unpaired) electrons. The lowest BCUT2D eigenvalue weighted by molar-refractivity contribution is 0.121. The standard InChI is InChI=1S/C14H20BrClN2/c1-17-9-11-4-3-7-18(2)14(11)10-5-6-12(15)13(16)8-10/h5-6,8,11,14,17H,3-4,7,9H2,1-2H3. The molecule has 100 valence electrons. The maximum Gasteiger partial charge on any atom is 0.0551 e. The normalized spacial score (nSPS) is 25.3. The molecule has 1 aromatic rings. The Morgan fingerprint density at radius 2 is 2.28 bits per heavy atom. The van der Waals surface area contributed by atoms with Gasteiger partial charge in [-0.15, -0.1) is 0 Å². The van der Waals surface area contributed by atoms with Gasteiger partial charge in [0.15, 0.2) is 0 Å². The molecule has 2 atom stereocenters. The molecule has 2 unspecified atom stereocenters. The van der Waals surface area contributed by atoms with Crippen molar-refractivity contribution < 1.29 is 0 Å². The van der Waals surface area contributed by atoms with Crippen LogP contribution in [-0.2, 0) is 0 Å². The van der Waals surface area contributed by atoms with E-state index in [1.165, 1.54) is 24.9 Å². The lowest BCUT2D eigenvalue weighted by Crippen LogP contribution is -2.39. The predicted octanol–water partition coefficient (Wildman–Crippen LogP) is 3.70. The average molecular weight is 332 g/mol. The minimum atomic E-state index is 0.469. The van der Waals surface area contributed by atoms with Gasteiger partial charge < -0.3 is 5.32 Å². The van der Waals surface area contributed by atoms with E-state index in [1.807, 2.05) is 7.05 Å². The molecule has 0 saturated carbocycles. The summed E-state index contributed by atoms with van der Waals surface area (Å²) in [5, 5.41) is 4.12. The van der Waals surface area contributed by atoms with E-state index in [9.17, 15) is 0 Å². The molecule has 4 heteroatoms. The average Bonchev–Trinajstić information content (AvgIpc) is 2.34. The van der Waals surface area contributed by atoms with Crippen molar-refractivity contribution in [2.45, 2.75) is 18.9 Å². The Kier molecular flexibility index (Phi) is 5.07. The number of likely N-dealkylation sites (tertiary alicyclic amines) is 1. The number of nitrogens with zero attached hydrogens (tertiary/aromatic N) is 1. The lowest BCUT2D eigenvalue weighted by atomic mass is 9.85. The second-order valence-corrected chi connectivity index (χ2v) is 6.32. The first-order valence-electron chi connectivity index (χ1n) is 6.43. The Morgan fingerprint density at radius 3 is 2.94 bits per heavy atom. The highest BCUT2D eigenvalue weighted by Crippen LogP contribution is 2.36. The van der Waals surface area contributed by atoms with E-state index in [1.54, 1.807) is 0 Å². The van der Waals surface area contributed by atoms with Crippen molar-refractivity contribution in [3.63, 3.8) is 0 Å². The van der Waals surface area contributed by atoms with Crippen LogP contribution in [0.25, 0.3) is 0 Å². The van der Waals surface area contributed by atoms with Crippen molar-refractivity contribution in [2.75, 3.05) is 27.2 Å². The smallest absolute Gasteiger partial charge is 0.0551 e. The van der Waals surface area contributed by atoms with E-state index < -0.39 is 0 Å². The third-order valence-corrected chi connectivity index (χ3v) is 4.99. The van der Waals surface area contributed by atoms with Crippen LogP contribution < -0.4 is 5.32 Å². The van der Waals surface area contributed by atoms with Gasteiger partial charge >= 0.3 is 0 Å². The van der Waals surface area contributed by atoms with Crippen molar-refractivity contribution in [2.24, 2.45) is 5.92 Å². The van der Waals surface area contributed by atoms with Crippen LogP contribution >= 0.6 is 27.5 Å². The van der Waals surface area contributed by atoms with Gasteiger partial charge in [0.25, 0.3) is 0 Å². The first kappa shape index (κ1) is 14.3. The van der Waals surface area contributed by atoms with Gasteiger partial charge in [0, 0.05) is 10.5 Å². The summed E-state index contributed by atoms with van der Waals surface area (Å²) in [6.07, 6.45) is 2.56. The van der Waals surface area contributed by atoms with Crippen molar-refractivity contribution in [3.05, 3.63) is 33.3 Å². The van der Waals surface area contributed by atoms with Crippen LogP contribution in [0.3, 0.4) is 0 Å². The Labute approximate surface area is 123 Å². The van der Waals surface area contributed by atoms with Crippen LogP contribution in [0.4, 0.5) is 0 Å². The summed E-state index contributed by atoms with van der Waals surface area (Å²) in [6.45, 7) is 2.22. The number of halogens is 2. The molecule has 1 N–H and O–H groups in total. The molecule has 1 aliphatic heterocycles. The van der Waals surface area contributed by atoms with Gasteiger partial charge in [-0.1, -0.05) is 17.7 Å². The Bertz CT molecular complexity index is 409. The number of hydrogen-bond donors (Lipinski definition) is 1. The Morgan fingerprint density at radius 1 is 1.50 bits per heavy atom. The molecule has 2 nitrogen and oxygen atoms in total. The van der Waals surface area contributed by atoms with Crippen molar-refractivity contribution in [1.29, 1.82) is 0 Å². The summed E-state index contributed by atoms with van der Waals surface area (Å²) in [7, 11) is 4.24.